The molecule has 0 aromatic heterocycles. The number of ether oxygens (including phenoxy) is 1. The van der Waals surface area contributed by atoms with Crippen molar-refractivity contribution in [2.45, 2.75) is 39.7 Å². The summed E-state index contributed by atoms with van der Waals surface area (Å²) in [4.78, 5) is 2.57. The summed E-state index contributed by atoms with van der Waals surface area (Å²) in [5.41, 5.74) is 0.473. The van der Waals surface area contributed by atoms with Crippen molar-refractivity contribution in [3.63, 3.8) is 0 Å². The summed E-state index contributed by atoms with van der Waals surface area (Å²) in [7, 11) is 3.79. The van der Waals surface area contributed by atoms with Crippen molar-refractivity contribution in [2.24, 2.45) is 11.3 Å². The van der Waals surface area contributed by atoms with Crippen molar-refractivity contribution in [3.05, 3.63) is 0 Å². The van der Waals surface area contributed by atoms with Gasteiger partial charge in [0, 0.05) is 19.7 Å². The molecule has 1 unspecified atom stereocenters. The van der Waals surface area contributed by atoms with E-state index in [9.17, 15) is 0 Å². The Kier molecular flexibility index (Phi) is 5.90. The number of hydrogen-bond donors (Lipinski definition) is 1. The normalized spacial score (nSPS) is 21.7. The molecule has 17 heavy (non-hydrogen) atoms. The molecule has 1 rings (SSSR count). The average molecular weight is 242 g/mol. The Balaban J connectivity index is 2.31. The highest BCUT2D eigenvalue weighted by molar-refractivity contribution is 4.82. The summed E-state index contributed by atoms with van der Waals surface area (Å²) in [6, 6.07) is 0.464. The van der Waals surface area contributed by atoms with Crippen molar-refractivity contribution >= 4 is 0 Å². The highest BCUT2D eigenvalue weighted by Gasteiger charge is 2.29. The van der Waals surface area contributed by atoms with E-state index in [4.69, 9.17) is 4.74 Å². The first-order chi connectivity index (χ1) is 7.97. The van der Waals surface area contributed by atoms with Gasteiger partial charge in [0.05, 0.1) is 6.61 Å². The molecular formula is C14H30N2O. The lowest BCUT2D eigenvalue weighted by Gasteiger charge is -2.39. The predicted molar refractivity (Wildman–Crippen MR) is 73.3 cm³/mol. The van der Waals surface area contributed by atoms with E-state index in [0.29, 0.717) is 11.5 Å². The number of methoxy groups -OCH3 is 1. The van der Waals surface area contributed by atoms with Crippen LogP contribution < -0.4 is 5.32 Å². The molecule has 1 saturated heterocycles. The van der Waals surface area contributed by atoms with E-state index < -0.39 is 0 Å². The molecule has 0 aliphatic carbocycles. The van der Waals surface area contributed by atoms with Crippen molar-refractivity contribution in [1.82, 2.24) is 10.2 Å². The number of nitrogens with zero attached hydrogens (tertiary/aromatic N) is 1. The van der Waals surface area contributed by atoms with Crippen LogP contribution in [0.3, 0.4) is 0 Å². The van der Waals surface area contributed by atoms with Crippen LogP contribution >= 0.6 is 0 Å². The first-order valence-electron chi connectivity index (χ1n) is 6.86. The quantitative estimate of drug-likeness (QED) is 0.798. The number of likely N-dealkylation sites (N-methyl/N-ethyl adjacent to an activating group) is 1. The minimum absolute atomic E-state index is 0.464. The molecule has 0 spiro atoms. The van der Waals surface area contributed by atoms with Gasteiger partial charge in [-0.2, -0.15) is 0 Å². The molecule has 0 radical (unpaired) electrons. The molecule has 0 aromatic rings. The topological polar surface area (TPSA) is 24.5 Å². The van der Waals surface area contributed by atoms with Crippen molar-refractivity contribution < 1.29 is 4.74 Å². The lowest BCUT2D eigenvalue weighted by atomic mass is 9.75. The van der Waals surface area contributed by atoms with Crippen LogP contribution in [-0.4, -0.2) is 51.3 Å². The average Bonchev–Trinajstić information content (AvgIpc) is 2.28. The van der Waals surface area contributed by atoms with E-state index in [1.807, 2.05) is 7.05 Å². The highest BCUT2D eigenvalue weighted by Crippen LogP contribution is 2.34. The summed E-state index contributed by atoms with van der Waals surface area (Å²) >= 11 is 0. The fourth-order valence-corrected chi connectivity index (χ4v) is 2.72. The van der Waals surface area contributed by atoms with Crippen LogP contribution in [0.4, 0.5) is 0 Å². The minimum atomic E-state index is 0.464. The van der Waals surface area contributed by atoms with Gasteiger partial charge < -0.3 is 15.0 Å². The summed E-state index contributed by atoms with van der Waals surface area (Å²) in [5, 5.41) is 3.33. The van der Waals surface area contributed by atoms with Crippen LogP contribution in [0.15, 0.2) is 0 Å². The zero-order valence-electron chi connectivity index (χ0n) is 12.3. The smallest absolute Gasteiger partial charge is 0.0628 e. The van der Waals surface area contributed by atoms with Crippen LogP contribution in [0.2, 0.25) is 0 Å². The largest absolute Gasteiger partial charge is 0.383 e. The maximum atomic E-state index is 5.22. The lowest BCUT2D eigenvalue weighted by molar-refractivity contribution is 0.0893. The second-order valence-corrected chi connectivity index (χ2v) is 6.38. The minimum Gasteiger partial charge on any atom is -0.383 e. The van der Waals surface area contributed by atoms with Gasteiger partial charge in [-0.1, -0.05) is 20.8 Å². The zero-order chi connectivity index (χ0) is 12.9. The van der Waals surface area contributed by atoms with Crippen LogP contribution in [-0.2, 0) is 4.74 Å². The summed E-state index contributed by atoms with van der Waals surface area (Å²) in [5.74, 6) is 0.884. The fraction of sp³-hybridized carbons (Fsp3) is 1.00. The van der Waals surface area contributed by atoms with Crippen molar-refractivity contribution in [2.75, 3.05) is 40.4 Å². The number of nitrogens with one attached hydrogen (secondary N) is 1. The van der Waals surface area contributed by atoms with E-state index in [0.717, 1.165) is 19.1 Å². The fourth-order valence-electron chi connectivity index (χ4n) is 2.72. The number of piperidine rings is 1. The van der Waals surface area contributed by atoms with E-state index in [1.165, 1.54) is 25.9 Å². The summed E-state index contributed by atoms with van der Waals surface area (Å²) in [6.07, 6.45) is 2.68. The molecule has 3 nitrogen and oxygen atoms in total. The maximum absolute atomic E-state index is 5.22. The third-order valence-corrected chi connectivity index (χ3v) is 4.07. The Labute approximate surface area is 107 Å². The molecule has 1 heterocycles. The van der Waals surface area contributed by atoms with Gasteiger partial charge in [-0.05, 0) is 44.3 Å². The SMILES string of the molecule is CNC(COC)CN1CCC(C(C)(C)C)CC1. The van der Waals surface area contributed by atoms with E-state index in [1.54, 1.807) is 7.11 Å². The molecule has 0 aromatic carbocycles. The maximum Gasteiger partial charge on any atom is 0.0628 e. The Hall–Kier alpha value is -0.120. The van der Waals surface area contributed by atoms with Gasteiger partial charge >= 0.3 is 0 Å². The Morgan fingerprint density at radius 3 is 2.29 bits per heavy atom. The van der Waals surface area contributed by atoms with Gasteiger partial charge in [0.25, 0.3) is 0 Å². The Morgan fingerprint density at radius 1 is 1.29 bits per heavy atom. The summed E-state index contributed by atoms with van der Waals surface area (Å²) in [6.45, 7) is 11.5. The van der Waals surface area contributed by atoms with Gasteiger partial charge in [0.2, 0.25) is 0 Å². The standard InChI is InChI=1S/C14H30N2O/c1-14(2,3)12-6-8-16(9-7-12)10-13(15-4)11-17-5/h12-13,15H,6-11H2,1-5H3. The van der Waals surface area contributed by atoms with Gasteiger partial charge in [-0.25, -0.2) is 0 Å². The van der Waals surface area contributed by atoms with Crippen LogP contribution in [0.5, 0.6) is 0 Å². The molecular weight excluding hydrogens is 212 g/mol. The molecule has 1 N–H and O–H groups in total. The number of likely N-dealkylation sites (tertiary alicyclic amines) is 1. The molecule has 0 bridgehead atoms. The van der Waals surface area contributed by atoms with Gasteiger partial charge in [0.1, 0.15) is 0 Å². The predicted octanol–water partition coefficient (Wildman–Crippen LogP) is 1.98. The third kappa shape index (κ3) is 4.94. The van der Waals surface area contributed by atoms with Crippen LogP contribution in [0, 0.1) is 11.3 Å². The molecule has 0 amide bonds. The number of hydrogen-bond acceptors (Lipinski definition) is 3. The number of rotatable bonds is 5. The molecule has 1 aliphatic heterocycles. The second kappa shape index (κ2) is 6.72. The van der Waals surface area contributed by atoms with Crippen LogP contribution in [0.1, 0.15) is 33.6 Å². The van der Waals surface area contributed by atoms with E-state index in [2.05, 4.69) is 31.0 Å². The molecule has 1 aliphatic rings. The molecule has 0 saturated carbocycles. The van der Waals surface area contributed by atoms with Crippen molar-refractivity contribution in [3.8, 4) is 0 Å². The second-order valence-electron chi connectivity index (χ2n) is 6.38. The third-order valence-electron chi connectivity index (χ3n) is 4.07. The zero-order valence-corrected chi connectivity index (χ0v) is 12.3. The summed E-state index contributed by atoms with van der Waals surface area (Å²) < 4.78 is 5.22. The Bertz CT molecular complexity index is 205. The lowest BCUT2D eigenvalue weighted by Crippen LogP contribution is -2.46. The van der Waals surface area contributed by atoms with Crippen molar-refractivity contribution in [1.29, 1.82) is 0 Å². The molecule has 3 heteroatoms. The van der Waals surface area contributed by atoms with Gasteiger partial charge in [-0.3, -0.25) is 0 Å². The monoisotopic (exact) mass is 242 g/mol. The first kappa shape index (κ1) is 14.9. The van der Waals surface area contributed by atoms with Gasteiger partial charge in [-0.15, -0.1) is 0 Å². The molecule has 1 fully saturated rings. The van der Waals surface area contributed by atoms with Gasteiger partial charge in [0.15, 0.2) is 0 Å². The molecule has 1 atom stereocenters. The Morgan fingerprint density at radius 2 is 1.88 bits per heavy atom. The van der Waals surface area contributed by atoms with E-state index in [-0.39, 0.29) is 0 Å². The van der Waals surface area contributed by atoms with E-state index >= 15 is 0 Å². The van der Waals surface area contributed by atoms with Crippen LogP contribution in [0.25, 0.3) is 0 Å². The molecule has 102 valence electrons. The first-order valence-corrected chi connectivity index (χ1v) is 6.86. The highest BCUT2D eigenvalue weighted by atomic mass is 16.5.